The number of H-pyrrole nitrogens is 1. The molecule has 0 bridgehead atoms. The standard InChI is InChI=1S/C22H27BrN8O2/c23-19-12-26-21(31-20(19)25-9-8-17-11-24-13-27-17)28-15-2-1-3-16(10-15)30-22(33)29-14-4-6-18(32)7-5-14/h1-3,10-14,18,32H,4-9H2,(H,24,27)(H2,29,30,33)(H2,25,26,28,31). The second kappa shape index (κ2) is 11.1. The average molecular weight is 515 g/mol. The topological polar surface area (TPSA) is 140 Å². The lowest BCUT2D eigenvalue weighted by Gasteiger charge is -2.26. The van der Waals surface area contributed by atoms with Crippen LogP contribution in [0.25, 0.3) is 0 Å². The van der Waals surface area contributed by atoms with Crippen molar-refractivity contribution >= 4 is 45.1 Å². The number of urea groups is 1. The molecular weight excluding hydrogens is 488 g/mol. The van der Waals surface area contributed by atoms with Crippen molar-refractivity contribution in [2.24, 2.45) is 0 Å². The second-order valence-electron chi connectivity index (χ2n) is 7.95. The number of halogens is 1. The summed E-state index contributed by atoms with van der Waals surface area (Å²) >= 11 is 3.47. The Morgan fingerprint density at radius 2 is 2.00 bits per heavy atom. The summed E-state index contributed by atoms with van der Waals surface area (Å²) in [4.78, 5) is 28.3. The Balaban J connectivity index is 1.32. The predicted octanol–water partition coefficient (Wildman–Crippen LogP) is 3.79. The third kappa shape index (κ3) is 6.90. The van der Waals surface area contributed by atoms with E-state index in [0.717, 1.165) is 48.0 Å². The van der Waals surface area contributed by atoms with E-state index in [1.54, 1.807) is 18.7 Å². The summed E-state index contributed by atoms with van der Waals surface area (Å²) in [5.41, 5.74) is 2.45. The summed E-state index contributed by atoms with van der Waals surface area (Å²) in [7, 11) is 0. The smallest absolute Gasteiger partial charge is 0.319 e. The maximum atomic E-state index is 12.4. The number of carbonyl (C=O) groups excluding carboxylic acids is 1. The number of aliphatic hydroxyl groups excluding tert-OH is 1. The fourth-order valence-electron chi connectivity index (χ4n) is 3.66. The molecule has 10 nitrogen and oxygen atoms in total. The third-order valence-electron chi connectivity index (χ3n) is 5.39. The van der Waals surface area contributed by atoms with E-state index in [1.165, 1.54) is 0 Å². The van der Waals surface area contributed by atoms with Gasteiger partial charge in [0.2, 0.25) is 5.95 Å². The monoisotopic (exact) mass is 514 g/mol. The van der Waals surface area contributed by atoms with Crippen molar-refractivity contribution in [3.63, 3.8) is 0 Å². The van der Waals surface area contributed by atoms with E-state index in [9.17, 15) is 9.90 Å². The van der Waals surface area contributed by atoms with Gasteiger partial charge in [0.25, 0.3) is 0 Å². The van der Waals surface area contributed by atoms with Gasteiger partial charge >= 0.3 is 6.03 Å². The molecule has 4 rings (SSSR count). The zero-order chi connectivity index (χ0) is 23.0. The molecule has 2 amide bonds. The van der Waals surface area contributed by atoms with Crippen LogP contribution in [0, 0.1) is 0 Å². The number of hydrogen-bond acceptors (Lipinski definition) is 7. The fraction of sp³-hybridized carbons (Fsp3) is 0.364. The Kier molecular flexibility index (Phi) is 7.74. The maximum Gasteiger partial charge on any atom is 0.319 e. The maximum absolute atomic E-state index is 12.4. The Morgan fingerprint density at radius 3 is 2.79 bits per heavy atom. The van der Waals surface area contributed by atoms with Crippen molar-refractivity contribution in [2.75, 3.05) is 22.5 Å². The normalized spacial score (nSPS) is 17.9. The van der Waals surface area contributed by atoms with E-state index in [0.29, 0.717) is 24.0 Å². The predicted molar refractivity (Wildman–Crippen MR) is 131 cm³/mol. The lowest BCUT2D eigenvalue weighted by Crippen LogP contribution is -2.40. The zero-order valence-corrected chi connectivity index (χ0v) is 19.6. The Hall–Kier alpha value is -3.18. The highest BCUT2D eigenvalue weighted by Crippen LogP contribution is 2.23. The number of hydrogen-bond donors (Lipinski definition) is 6. The van der Waals surface area contributed by atoms with Crippen LogP contribution in [0.4, 0.5) is 27.9 Å². The van der Waals surface area contributed by atoms with Crippen LogP contribution < -0.4 is 21.3 Å². The molecule has 0 spiro atoms. The third-order valence-corrected chi connectivity index (χ3v) is 5.97. The molecule has 2 heterocycles. The van der Waals surface area contributed by atoms with Crippen molar-refractivity contribution in [1.29, 1.82) is 0 Å². The van der Waals surface area contributed by atoms with Gasteiger partial charge in [-0.2, -0.15) is 4.98 Å². The first kappa shape index (κ1) is 23.0. The number of aliphatic hydroxyl groups is 1. The number of amides is 2. The number of nitrogens with zero attached hydrogens (tertiary/aromatic N) is 3. The molecule has 174 valence electrons. The van der Waals surface area contributed by atoms with E-state index in [1.807, 2.05) is 24.3 Å². The highest BCUT2D eigenvalue weighted by atomic mass is 79.9. The van der Waals surface area contributed by atoms with Crippen LogP contribution in [0.1, 0.15) is 31.4 Å². The van der Waals surface area contributed by atoms with Gasteiger partial charge in [0.1, 0.15) is 5.82 Å². The van der Waals surface area contributed by atoms with Crippen molar-refractivity contribution in [3.8, 4) is 0 Å². The van der Waals surface area contributed by atoms with Gasteiger partial charge in [0.05, 0.1) is 16.9 Å². The van der Waals surface area contributed by atoms with Crippen LogP contribution in [0.15, 0.2) is 47.5 Å². The highest BCUT2D eigenvalue weighted by molar-refractivity contribution is 9.10. The summed E-state index contributed by atoms with van der Waals surface area (Å²) in [5, 5.41) is 21.9. The first-order valence-electron chi connectivity index (χ1n) is 10.9. The van der Waals surface area contributed by atoms with Crippen LogP contribution in [0.3, 0.4) is 0 Å². The summed E-state index contributed by atoms with van der Waals surface area (Å²) in [5.74, 6) is 1.11. The summed E-state index contributed by atoms with van der Waals surface area (Å²) in [6.07, 6.45) is 8.69. The molecule has 1 aliphatic carbocycles. The minimum Gasteiger partial charge on any atom is -0.393 e. The van der Waals surface area contributed by atoms with E-state index in [-0.39, 0.29) is 18.2 Å². The minimum absolute atomic E-state index is 0.0880. The number of anilines is 4. The number of nitrogens with one attached hydrogen (secondary N) is 5. The molecule has 6 N–H and O–H groups in total. The summed E-state index contributed by atoms with van der Waals surface area (Å²) in [6.45, 7) is 0.686. The molecule has 0 unspecified atom stereocenters. The van der Waals surface area contributed by atoms with Gasteiger partial charge in [0, 0.05) is 48.5 Å². The van der Waals surface area contributed by atoms with Crippen LogP contribution in [-0.2, 0) is 6.42 Å². The van der Waals surface area contributed by atoms with E-state index < -0.39 is 0 Å². The SMILES string of the molecule is O=C(Nc1cccc(Nc2ncc(Br)c(NCCc3cnc[nH]3)n2)c1)NC1CCC(O)CC1. The zero-order valence-electron chi connectivity index (χ0n) is 18.0. The molecular formula is C22H27BrN8O2. The molecule has 1 saturated carbocycles. The number of carbonyl (C=O) groups is 1. The molecule has 1 aromatic carbocycles. The van der Waals surface area contributed by atoms with Gasteiger partial charge in [-0.3, -0.25) is 0 Å². The molecule has 3 aromatic rings. The van der Waals surface area contributed by atoms with Crippen molar-refractivity contribution in [1.82, 2.24) is 25.3 Å². The molecule has 0 radical (unpaired) electrons. The average Bonchev–Trinajstić information content (AvgIpc) is 3.31. The summed E-state index contributed by atoms with van der Waals surface area (Å²) < 4.78 is 0.764. The minimum atomic E-state index is -0.253. The van der Waals surface area contributed by atoms with Crippen LogP contribution in [-0.4, -0.2) is 49.8 Å². The van der Waals surface area contributed by atoms with Crippen molar-refractivity contribution < 1.29 is 9.90 Å². The van der Waals surface area contributed by atoms with Gasteiger partial charge in [-0.1, -0.05) is 6.07 Å². The van der Waals surface area contributed by atoms with E-state index in [2.05, 4.69) is 57.1 Å². The first-order valence-corrected chi connectivity index (χ1v) is 11.7. The number of aromatic amines is 1. The van der Waals surface area contributed by atoms with Crippen LogP contribution in [0.5, 0.6) is 0 Å². The summed E-state index contributed by atoms with van der Waals surface area (Å²) in [6, 6.07) is 7.20. The first-order chi connectivity index (χ1) is 16.0. The van der Waals surface area contributed by atoms with Gasteiger partial charge in [-0.15, -0.1) is 0 Å². The number of benzene rings is 1. The molecule has 11 heteroatoms. The van der Waals surface area contributed by atoms with Gasteiger partial charge in [0.15, 0.2) is 0 Å². The van der Waals surface area contributed by atoms with Gasteiger partial charge in [-0.25, -0.2) is 14.8 Å². The quantitative estimate of drug-likeness (QED) is 0.268. The molecule has 2 aromatic heterocycles. The van der Waals surface area contributed by atoms with E-state index >= 15 is 0 Å². The second-order valence-corrected chi connectivity index (χ2v) is 8.81. The van der Waals surface area contributed by atoms with Gasteiger partial charge in [-0.05, 0) is 59.8 Å². The largest absolute Gasteiger partial charge is 0.393 e. The van der Waals surface area contributed by atoms with E-state index in [4.69, 9.17) is 0 Å². The Morgan fingerprint density at radius 1 is 1.18 bits per heavy atom. The molecule has 0 atom stereocenters. The number of imidazole rings is 1. The molecule has 1 fully saturated rings. The van der Waals surface area contributed by atoms with Gasteiger partial charge < -0.3 is 31.4 Å². The Bertz CT molecular complexity index is 1050. The molecule has 0 aliphatic heterocycles. The van der Waals surface area contributed by atoms with Crippen molar-refractivity contribution in [3.05, 3.63) is 53.2 Å². The molecule has 33 heavy (non-hydrogen) atoms. The van der Waals surface area contributed by atoms with Crippen LogP contribution in [0.2, 0.25) is 0 Å². The molecule has 1 aliphatic rings. The van der Waals surface area contributed by atoms with Crippen LogP contribution >= 0.6 is 15.9 Å². The Labute approximate surface area is 200 Å². The number of aromatic nitrogens is 4. The molecule has 0 saturated heterocycles. The number of rotatable bonds is 8. The highest BCUT2D eigenvalue weighted by Gasteiger charge is 2.20. The fourth-order valence-corrected chi connectivity index (χ4v) is 4.00. The van der Waals surface area contributed by atoms with Crippen molar-refractivity contribution in [2.45, 2.75) is 44.2 Å². The lowest BCUT2D eigenvalue weighted by atomic mass is 9.93. The lowest BCUT2D eigenvalue weighted by molar-refractivity contribution is 0.118.